The highest BCUT2D eigenvalue weighted by Gasteiger charge is 2.18. The predicted molar refractivity (Wildman–Crippen MR) is 119 cm³/mol. The molecule has 0 atom stereocenters. The first-order chi connectivity index (χ1) is 15.4. The minimum absolute atomic E-state index is 0.0738. The van der Waals surface area contributed by atoms with Crippen molar-refractivity contribution in [2.45, 2.75) is 36.8 Å². The van der Waals surface area contributed by atoms with E-state index < -0.39 is 17.2 Å². The fourth-order valence-corrected chi connectivity index (χ4v) is 4.33. The van der Waals surface area contributed by atoms with Crippen LogP contribution in [0.25, 0.3) is 0 Å². The summed E-state index contributed by atoms with van der Waals surface area (Å²) in [6.07, 6.45) is 2.50. The van der Waals surface area contributed by atoms with E-state index in [1.807, 2.05) is 13.8 Å². The molecule has 0 bridgehead atoms. The lowest BCUT2D eigenvalue weighted by Gasteiger charge is -2.09. The molecule has 11 heteroatoms. The lowest BCUT2D eigenvalue weighted by molar-refractivity contribution is -0.120. The van der Waals surface area contributed by atoms with Crippen molar-refractivity contribution in [2.75, 3.05) is 5.32 Å². The maximum absolute atomic E-state index is 13.7. The number of rotatable bonds is 9. The van der Waals surface area contributed by atoms with Crippen LogP contribution < -0.4 is 15.5 Å². The molecule has 3 rings (SSSR count). The first kappa shape index (κ1) is 23.6. The van der Waals surface area contributed by atoms with Gasteiger partial charge in [-0.05, 0) is 25.0 Å². The monoisotopic (exact) mass is 477 g/mol. The molecule has 1 aromatic carbocycles. The number of aromatic nitrogens is 2. The summed E-state index contributed by atoms with van der Waals surface area (Å²) in [7, 11) is 0. The zero-order valence-electron chi connectivity index (χ0n) is 17.3. The number of ether oxygens (including phenoxy) is 1. The molecule has 0 unspecified atom stereocenters. The van der Waals surface area contributed by atoms with E-state index in [0.29, 0.717) is 15.2 Å². The lowest BCUT2D eigenvalue weighted by Crippen LogP contribution is -2.21. The molecule has 1 N–H and O–H groups in total. The van der Waals surface area contributed by atoms with Crippen molar-refractivity contribution in [3.63, 3.8) is 0 Å². The van der Waals surface area contributed by atoms with Gasteiger partial charge in [0.1, 0.15) is 17.8 Å². The molecule has 0 radical (unpaired) electrons. The second kappa shape index (κ2) is 11.0. The second-order valence-corrected chi connectivity index (χ2v) is 8.81. The van der Waals surface area contributed by atoms with Gasteiger partial charge in [0.05, 0.1) is 11.3 Å². The fourth-order valence-electron chi connectivity index (χ4n) is 2.69. The minimum Gasteiger partial charge on any atom is -0.464 e. The topological polar surface area (TPSA) is 111 Å². The first-order valence-electron chi connectivity index (χ1n) is 9.76. The zero-order chi connectivity index (χ0) is 23.1. The molecule has 0 aliphatic carbocycles. The van der Waals surface area contributed by atoms with Crippen LogP contribution in [0.1, 0.15) is 42.8 Å². The van der Waals surface area contributed by atoms with Crippen LogP contribution in [0.2, 0.25) is 0 Å². The zero-order valence-corrected chi connectivity index (χ0v) is 18.9. The van der Waals surface area contributed by atoms with Gasteiger partial charge in [0.15, 0.2) is 4.34 Å². The predicted octanol–water partition coefficient (Wildman–Crippen LogP) is 4.52. The van der Waals surface area contributed by atoms with Gasteiger partial charge >= 0.3 is 5.97 Å². The van der Waals surface area contributed by atoms with Crippen molar-refractivity contribution in [2.24, 2.45) is 5.92 Å². The van der Waals surface area contributed by atoms with E-state index in [1.54, 1.807) is 0 Å². The van der Waals surface area contributed by atoms with Crippen LogP contribution in [-0.2, 0) is 10.5 Å². The molecular formula is C21H20FN3O5S2. The summed E-state index contributed by atoms with van der Waals surface area (Å²) in [5, 5.41) is 11.1. The quantitative estimate of drug-likeness (QED) is 0.272. The standard InChI is InChI=1S/C21H20FN3O5S2/c1-3-12(4-2)18(27)23-20-24-25-21(32-20)31-11-13-9-16(26)17(10-29-13)30-19(28)14-7-5-6-8-15(14)22/h5-10,12H,3-4,11H2,1-2H3,(H,23,24,27). The van der Waals surface area contributed by atoms with E-state index in [0.717, 1.165) is 25.2 Å². The van der Waals surface area contributed by atoms with Gasteiger partial charge in [0, 0.05) is 12.0 Å². The highest BCUT2D eigenvalue weighted by atomic mass is 32.2. The average molecular weight is 478 g/mol. The summed E-state index contributed by atoms with van der Waals surface area (Å²) >= 11 is 2.49. The molecule has 0 saturated carbocycles. The molecule has 1 amide bonds. The van der Waals surface area contributed by atoms with Gasteiger partial charge in [0.25, 0.3) is 0 Å². The van der Waals surface area contributed by atoms with E-state index in [2.05, 4.69) is 15.5 Å². The third-order valence-corrected chi connectivity index (χ3v) is 6.47. The number of nitrogens with one attached hydrogen (secondary N) is 1. The SMILES string of the molecule is CCC(CC)C(=O)Nc1nnc(SCc2cc(=O)c(OC(=O)c3ccccc3F)co2)s1. The van der Waals surface area contributed by atoms with Crippen LogP contribution in [0.4, 0.5) is 9.52 Å². The van der Waals surface area contributed by atoms with Crippen molar-refractivity contribution in [3.05, 3.63) is 64.0 Å². The number of benzene rings is 1. The number of hydrogen-bond donors (Lipinski definition) is 1. The van der Waals surface area contributed by atoms with Crippen LogP contribution in [-0.4, -0.2) is 22.1 Å². The number of amides is 1. The van der Waals surface area contributed by atoms with Crippen molar-refractivity contribution >= 4 is 40.1 Å². The van der Waals surface area contributed by atoms with E-state index in [1.165, 1.54) is 47.4 Å². The highest BCUT2D eigenvalue weighted by Crippen LogP contribution is 2.29. The van der Waals surface area contributed by atoms with Crippen LogP contribution in [0, 0.1) is 11.7 Å². The lowest BCUT2D eigenvalue weighted by atomic mass is 10.0. The van der Waals surface area contributed by atoms with E-state index in [4.69, 9.17) is 9.15 Å². The Morgan fingerprint density at radius 2 is 2.00 bits per heavy atom. The van der Waals surface area contributed by atoms with Crippen LogP contribution in [0.3, 0.4) is 0 Å². The number of anilines is 1. The summed E-state index contributed by atoms with van der Waals surface area (Å²) in [5.41, 5.74) is -0.859. The van der Waals surface area contributed by atoms with E-state index in [-0.39, 0.29) is 28.9 Å². The van der Waals surface area contributed by atoms with Crippen molar-refractivity contribution in [3.8, 4) is 5.75 Å². The Morgan fingerprint density at radius 3 is 2.69 bits per heavy atom. The Labute approximate surface area is 191 Å². The third-order valence-electron chi connectivity index (χ3n) is 4.48. The van der Waals surface area contributed by atoms with Crippen molar-refractivity contribution in [1.29, 1.82) is 0 Å². The molecule has 0 spiro atoms. The molecule has 0 aliphatic rings. The Morgan fingerprint density at radius 1 is 1.25 bits per heavy atom. The van der Waals surface area contributed by atoms with Crippen molar-refractivity contribution in [1.82, 2.24) is 10.2 Å². The molecule has 3 aromatic rings. The Hall–Kier alpha value is -3.05. The summed E-state index contributed by atoms with van der Waals surface area (Å²) in [6.45, 7) is 3.91. The van der Waals surface area contributed by atoms with Gasteiger partial charge in [-0.1, -0.05) is 49.1 Å². The number of carbonyl (C=O) groups excluding carboxylic acids is 2. The minimum atomic E-state index is -0.991. The number of halogens is 1. The molecule has 0 saturated heterocycles. The van der Waals surface area contributed by atoms with Crippen LogP contribution in [0.15, 0.2) is 50.1 Å². The number of nitrogens with zero attached hydrogens (tertiary/aromatic N) is 2. The maximum Gasteiger partial charge on any atom is 0.346 e. The number of esters is 1. The maximum atomic E-state index is 13.7. The van der Waals surface area contributed by atoms with Crippen LogP contribution >= 0.6 is 23.1 Å². The van der Waals surface area contributed by atoms with Gasteiger partial charge < -0.3 is 14.5 Å². The smallest absolute Gasteiger partial charge is 0.346 e. The summed E-state index contributed by atoms with van der Waals surface area (Å²) in [5.74, 6) is -1.65. The first-order valence-corrected chi connectivity index (χ1v) is 11.6. The normalized spacial score (nSPS) is 10.9. The molecule has 2 heterocycles. The van der Waals surface area contributed by atoms with E-state index >= 15 is 0 Å². The molecule has 0 fully saturated rings. The molecule has 32 heavy (non-hydrogen) atoms. The third kappa shape index (κ3) is 6.01. The van der Waals surface area contributed by atoms with Gasteiger partial charge in [0.2, 0.25) is 22.2 Å². The molecule has 2 aromatic heterocycles. The van der Waals surface area contributed by atoms with Gasteiger partial charge in [-0.25, -0.2) is 9.18 Å². The summed E-state index contributed by atoms with van der Waals surface area (Å²) in [4.78, 5) is 36.4. The number of carbonyl (C=O) groups is 2. The van der Waals surface area contributed by atoms with Gasteiger partial charge in [-0.15, -0.1) is 10.2 Å². The number of thioether (sulfide) groups is 1. The largest absolute Gasteiger partial charge is 0.464 e. The van der Waals surface area contributed by atoms with E-state index in [9.17, 15) is 18.8 Å². The Bertz CT molecular complexity index is 1160. The second-order valence-electron chi connectivity index (χ2n) is 6.61. The summed E-state index contributed by atoms with van der Waals surface area (Å²) in [6, 6.07) is 6.49. The Kier molecular flexibility index (Phi) is 8.12. The van der Waals surface area contributed by atoms with Gasteiger partial charge in [-0.3, -0.25) is 9.59 Å². The molecule has 168 valence electrons. The molecule has 8 nitrogen and oxygen atoms in total. The summed E-state index contributed by atoms with van der Waals surface area (Å²) < 4.78 is 24.6. The highest BCUT2D eigenvalue weighted by molar-refractivity contribution is 8.00. The number of hydrogen-bond acceptors (Lipinski definition) is 9. The van der Waals surface area contributed by atoms with Gasteiger partial charge in [-0.2, -0.15) is 0 Å². The Balaban J connectivity index is 1.58. The fraction of sp³-hybridized carbons (Fsp3) is 0.286. The molecule has 0 aliphatic heterocycles. The van der Waals surface area contributed by atoms with Crippen LogP contribution in [0.5, 0.6) is 5.75 Å². The molecular weight excluding hydrogens is 457 g/mol. The average Bonchev–Trinajstić information content (AvgIpc) is 3.22. The van der Waals surface area contributed by atoms with Crippen molar-refractivity contribution < 1.29 is 23.1 Å².